The van der Waals surface area contributed by atoms with Crippen LogP contribution in [0.2, 0.25) is 0 Å². The molecule has 6 nitrogen and oxygen atoms in total. The van der Waals surface area contributed by atoms with Crippen LogP contribution in [0.5, 0.6) is 0 Å². The molecule has 0 saturated heterocycles. The van der Waals surface area contributed by atoms with Gasteiger partial charge in [0, 0.05) is 19.3 Å². The number of unbranched alkanes of at least 4 members (excludes halogenated alkanes) is 17. The predicted molar refractivity (Wildman–Crippen MR) is 238 cm³/mol. The Hall–Kier alpha value is -3.15. The Morgan fingerprint density at radius 1 is 0.375 bits per heavy atom. The van der Waals surface area contributed by atoms with E-state index in [9.17, 15) is 14.4 Å². The molecule has 6 heteroatoms. The average Bonchev–Trinajstić information content (AvgIpc) is 3.19. The number of ether oxygens (including phenoxy) is 3. The molecule has 0 amide bonds. The van der Waals surface area contributed by atoms with Crippen molar-refractivity contribution in [1.29, 1.82) is 0 Å². The highest BCUT2D eigenvalue weighted by atomic mass is 16.6. The molecule has 0 spiro atoms. The van der Waals surface area contributed by atoms with Crippen molar-refractivity contribution in [1.82, 2.24) is 0 Å². The van der Waals surface area contributed by atoms with Gasteiger partial charge in [-0.3, -0.25) is 14.4 Å². The second-order valence-electron chi connectivity index (χ2n) is 14.9. The number of hydrogen-bond donors (Lipinski definition) is 0. The van der Waals surface area contributed by atoms with E-state index in [4.69, 9.17) is 14.2 Å². The molecule has 320 valence electrons. The van der Waals surface area contributed by atoms with E-state index in [1.807, 2.05) is 0 Å². The van der Waals surface area contributed by atoms with Crippen LogP contribution in [-0.4, -0.2) is 37.2 Å². The van der Waals surface area contributed by atoms with Crippen LogP contribution in [0.25, 0.3) is 0 Å². The van der Waals surface area contributed by atoms with Crippen molar-refractivity contribution in [2.75, 3.05) is 13.2 Å². The third-order valence-electron chi connectivity index (χ3n) is 9.43. The highest BCUT2D eigenvalue weighted by Crippen LogP contribution is 2.13. The average molecular weight is 781 g/mol. The van der Waals surface area contributed by atoms with Gasteiger partial charge in [-0.1, -0.05) is 177 Å². The molecule has 0 radical (unpaired) electrons. The van der Waals surface area contributed by atoms with E-state index < -0.39 is 6.10 Å². The molecule has 0 aliphatic rings. The smallest absolute Gasteiger partial charge is 0.306 e. The zero-order valence-electron chi connectivity index (χ0n) is 36.4. The summed E-state index contributed by atoms with van der Waals surface area (Å²) in [6, 6.07) is 0. The van der Waals surface area contributed by atoms with Gasteiger partial charge < -0.3 is 14.2 Å². The van der Waals surface area contributed by atoms with E-state index in [1.165, 1.54) is 44.9 Å². The first kappa shape index (κ1) is 52.9. The van der Waals surface area contributed by atoms with Crippen molar-refractivity contribution in [3.8, 4) is 0 Å². The highest BCUT2D eigenvalue weighted by Gasteiger charge is 2.19. The maximum Gasteiger partial charge on any atom is 0.306 e. The van der Waals surface area contributed by atoms with Crippen molar-refractivity contribution in [3.63, 3.8) is 0 Å². The third-order valence-corrected chi connectivity index (χ3v) is 9.43. The van der Waals surface area contributed by atoms with Crippen LogP contribution in [0.1, 0.15) is 207 Å². The van der Waals surface area contributed by atoms with Crippen LogP contribution in [0.3, 0.4) is 0 Å². The summed E-state index contributed by atoms with van der Waals surface area (Å²) in [6.45, 7) is 6.34. The minimum atomic E-state index is -0.778. The van der Waals surface area contributed by atoms with Crippen molar-refractivity contribution in [2.24, 2.45) is 0 Å². The van der Waals surface area contributed by atoms with Crippen molar-refractivity contribution < 1.29 is 28.6 Å². The molecule has 0 fully saturated rings. The lowest BCUT2D eigenvalue weighted by Gasteiger charge is -2.18. The summed E-state index contributed by atoms with van der Waals surface area (Å²) >= 11 is 0. The van der Waals surface area contributed by atoms with Crippen LogP contribution in [0, 0.1) is 0 Å². The normalized spacial score (nSPS) is 12.7. The zero-order chi connectivity index (χ0) is 40.8. The molecular weight excluding hydrogens is 697 g/mol. The molecule has 0 heterocycles. The van der Waals surface area contributed by atoms with E-state index in [0.717, 1.165) is 122 Å². The van der Waals surface area contributed by atoms with E-state index in [1.54, 1.807) is 0 Å². The summed E-state index contributed by atoms with van der Waals surface area (Å²) in [5.41, 5.74) is 0. The Morgan fingerprint density at radius 3 is 1.18 bits per heavy atom. The first-order valence-electron chi connectivity index (χ1n) is 22.9. The van der Waals surface area contributed by atoms with Crippen LogP contribution in [0.4, 0.5) is 0 Å². The molecule has 0 rings (SSSR count). The van der Waals surface area contributed by atoms with Gasteiger partial charge in [-0.15, -0.1) is 0 Å². The van der Waals surface area contributed by atoms with E-state index in [-0.39, 0.29) is 31.1 Å². The van der Waals surface area contributed by atoms with Crippen LogP contribution >= 0.6 is 0 Å². The monoisotopic (exact) mass is 781 g/mol. The summed E-state index contributed by atoms with van der Waals surface area (Å²) in [6.07, 6.45) is 54.9. The molecule has 0 aliphatic heterocycles. The molecule has 1 unspecified atom stereocenters. The van der Waals surface area contributed by atoms with Crippen LogP contribution in [-0.2, 0) is 28.6 Å². The molecule has 0 N–H and O–H groups in total. The van der Waals surface area contributed by atoms with Crippen LogP contribution in [0.15, 0.2) is 72.9 Å². The number of carbonyl (C=O) groups is 3. The predicted octanol–water partition coefficient (Wildman–Crippen LogP) is 14.7. The molecular formula is C50H84O6. The number of rotatable bonds is 40. The first-order chi connectivity index (χ1) is 27.5. The van der Waals surface area contributed by atoms with Crippen LogP contribution < -0.4 is 0 Å². The van der Waals surface area contributed by atoms with Gasteiger partial charge in [-0.25, -0.2) is 0 Å². The van der Waals surface area contributed by atoms with Gasteiger partial charge in [0.05, 0.1) is 0 Å². The number of esters is 3. The number of hydrogen-bond acceptors (Lipinski definition) is 6. The number of carbonyl (C=O) groups excluding carboxylic acids is 3. The number of allylic oxidation sites excluding steroid dienone is 12. The van der Waals surface area contributed by atoms with Gasteiger partial charge in [0.15, 0.2) is 6.10 Å². The summed E-state index contributed by atoms with van der Waals surface area (Å²) in [5.74, 6) is -0.926. The molecule has 0 saturated carbocycles. The molecule has 56 heavy (non-hydrogen) atoms. The lowest BCUT2D eigenvalue weighted by molar-refractivity contribution is -0.167. The van der Waals surface area contributed by atoms with Gasteiger partial charge in [0.2, 0.25) is 0 Å². The molecule has 0 bridgehead atoms. The zero-order valence-corrected chi connectivity index (χ0v) is 36.4. The molecule has 0 aliphatic carbocycles. The standard InChI is InChI=1S/C50H84O6/c1-4-7-10-13-15-17-19-20-21-22-23-24-25-26-27-28-29-30-31-33-34-37-40-43-49(52)55-46-47(45-54-48(51)42-39-36-12-9-6-3)56-50(53)44-41-38-35-32-18-16-14-11-8-5-2/h7,10-11,14-15,17,20-21,23-24,26-27,47H,4-6,8-9,12-13,16,18-19,22,25,28-46H2,1-3H3/b10-7-,14-11-,17-15-,21-20-,24-23-,27-26-. The van der Waals surface area contributed by atoms with Crippen molar-refractivity contribution >= 4 is 17.9 Å². The Bertz CT molecular complexity index is 1080. The van der Waals surface area contributed by atoms with Gasteiger partial charge >= 0.3 is 17.9 Å². The maximum atomic E-state index is 12.6. The molecule has 0 aromatic heterocycles. The second kappa shape index (κ2) is 44.6. The molecule has 0 aromatic carbocycles. The first-order valence-corrected chi connectivity index (χ1v) is 22.9. The van der Waals surface area contributed by atoms with Gasteiger partial charge in [0.25, 0.3) is 0 Å². The fraction of sp³-hybridized carbons (Fsp3) is 0.700. The van der Waals surface area contributed by atoms with E-state index in [0.29, 0.717) is 19.3 Å². The van der Waals surface area contributed by atoms with E-state index in [2.05, 4.69) is 93.7 Å². The molecule has 0 aromatic rings. The molecule has 1 atom stereocenters. The van der Waals surface area contributed by atoms with Gasteiger partial charge in [-0.2, -0.15) is 0 Å². The topological polar surface area (TPSA) is 78.9 Å². The van der Waals surface area contributed by atoms with Gasteiger partial charge in [-0.05, 0) is 83.5 Å². The van der Waals surface area contributed by atoms with Gasteiger partial charge in [0.1, 0.15) is 13.2 Å². The fourth-order valence-corrected chi connectivity index (χ4v) is 6.00. The minimum Gasteiger partial charge on any atom is -0.462 e. The Labute approximate surface area is 344 Å². The quantitative estimate of drug-likeness (QED) is 0.0267. The Kier molecular flexibility index (Phi) is 42.1. The van der Waals surface area contributed by atoms with Crippen molar-refractivity contribution in [2.45, 2.75) is 213 Å². The summed E-state index contributed by atoms with van der Waals surface area (Å²) in [4.78, 5) is 37.4. The lowest BCUT2D eigenvalue weighted by Crippen LogP contribution is -2.30. The maximum absolute atomic E-state index is 12.6. The SMILES string of the molecule is CC/C=C\C/C=C\C/C=C\C/C=C\C/C=C\CCCCCCCCCC(=O)OCC(COC(=O)CCCCCCC)OC(=O)CCCCCCC/C=C\CCC. The summed E-state index contributed by atoms with van der Waals surface area (Å²) in [7, 11) is 0. The lowest BCUT2D eigenvalue weighted by atomic mass is 10.1. The highest BCUT2D eigenvalue weighted by molar-refractivity contribution is 5.71. The summed E-state index contributed by atoms with van der Waals surface area (Å²) in [5, 5.41) is 0. The minimum absolute atomic E-state index is 0.0839. The fourth-order valence-electron chi connectivity index (χ4n) is 6.00. The summed E-state index contributed by atoms with van der Waals surface area (Å²) < 4.78 is 16.6. The largest absolute Gasteiger partial charge is 0.462 e. The Balaban J connectivity index is 4.16. The van der Waals surface area contributed by atoms with E-state index >= 15 is 0 Å². The Morgan fingerprint density at radius 2 is 0.732 bits per heavy atom. The second-order valence-corrected chi connectivity index (χ2v) is 14.9. The third kappa shape index (κ3) is 42.0. The van der Waals surface area contributed by atoms with Crippen molar-refractivity contribution in [3.05, 3.63) is 72.9 Å².